The SMILES string of the molecule is CN(C)S(=O)(=O)c1ccc(Cl)c(C(=O)NNC(=O)c2cn(C)c3ccccc23)c1. The molecule has 29 heavy (non-hydrogen) atoms. The number of nitrogens with one attached hydrogen (secondary N) is 2. The van der Waals surface area contributed by atoms with E-state index in [2.05, 4.69) is 10.9 Å². The number of halogens is 1. The fourth-order valence-corrected chi connectivity index (χ4v) is 3.95. The quantitative estimate of drug-likeness (QED) is 0.614. The number of benzene rings is 2. The molecule has 2 amide bonds. The van der Waals surface area contributed by atoms with Crippen molar-refractivity contribution in [2.45, 2.75) is 4.90 Å². The van der Waals surface area contributed by atoms with Crippen LogP contribution in [0.4, 0.5) is 0 Å². The standard InChI is InChI=1S/C19H19ClN4O4S/c1-23(2)29(27,28)12-8-9-16(20)14(10-12)18(25)21-22-19(26)15-11-24(3)17-7-5-4-6-13(15)17/h4-11H,1-3H3,(H,21,25)(H,22,26). The summed E-state index contributed by atoms with van der Waals surface area (Å²) in [5.41, 5.74) is 5.80. The first-order chi connectivity index (χ1) is 13.6. The molecule has 0 spiro atoms. The highest BCUT2D eigenvalue weighted by Crippen LogP contribution is 2.22. The van der Waals surface area contributed by atoms with E-state index in [0.717, 1.165) is 21.3 Å². The second kappa shape index (κ2) is 7.86. The van der Waals surface area contributed by atoms with Gasteiger partial charge in [-0.1, -0.05) is 29.8 Å². The largest absolute Gasteiger partial charge is 0.350 e. The fourth-order valence-electron chi connectivity index (χ4n) is 2.82. The minimum Gasteiger partial charge on any atom is -0.350 e. The summed E-state index contributed by atoms with van der Waals surface area (Å²) < 4.78 is 27.4. The second-order valence-electron chi connectivity index (χ2n) is 6.51. The molecule has 2 aromatic carbocycles. The number of carbonyl (C=O) groups is 2. The zero-order valence-electron chi connectivity index (χ0n) is 15.9. The van der Waals surface area contributed by atoms with Crippen molar-refractivity contribution in [2.24, 2.45) is 7.05 Å². The van der Waals surface area contributed by atoms with Gasteiger partial charge in [0.05, 0.1) is 21.0 Å². The number of hydrogen-bond donors (Lipinski definition) is 2. The van der Waals surface area contributed by atoms with Crippen LogP contribution in [-0.4, -0.2) is 43.2 Å². The molecule has 3 aromatic rings. The van der Waals surface area contributed by atoms with Crippen LogP contribution in [0.2, 0.25) is 5.02 Å². The number of sulfonamides is 1. The average Bonchev–Trinajstić information content (AvgIpc) is 3.03. The van der Waals surface area contributed by atoms with E-state index in [0.29, 0.717) is 5.56 Å². The molecule has 0 unspecified atom stereocenters. The molecule has 1 aromatic heterocycles. The first-order valence-corrected chi connectivity index (χ1v) is 10.3. The third-order valence-electron chi connectivity index (χ3n) is 4.39. The smallest absolute Gasteiger partial charge is 0.271 e. The molecule has 0 fully saturated rings. The summed E-state index contributed by atoms with van der Waals surface area (Å²) in [5.74, 6) is -1.25. The molecule has 0 saturated carbocycles. The molecule has 0 bridgehead atoms. The van der Waals surface area contributed by atoms with Gasteiger partial charge in [-0.25, -0.2) is 12.7 Å². The summed E-state index contributed by atoms with van der Waals surface area (Å²) in [5, 5.41) is 0.790. The van der Waals surface area contributed by atoms with Crippen LogP contribution in [0.3, 0.4) is 0 Å². The molecule has 0 radical (unpaired) electrons. The molecule has 0 aliphatic heterocycles. The number of fused-ring (bicyclic) bond motifs is 1. The Labute approximate surface area is 173 Å². The van der Waals surface area contributed by atoms with Crippen LogP contribution in [0.5, 0.6) is 0 Å². The van der Waals surface area contributed by atoms with Gasteiger partial charge in [-0.3, -0.25) is 20.4 Å². The number of hydrazine groups is 1. The normalized spacial score (nSPS) is 11.6. The Kier molecular flexibility index (Phi) is 5.65. The second-order valence-corrected chi connectivity index (χ2v) is 9.07. The van der Waals surface area contributed by atoms with Crippen molar-refractivity contribution >= 4 is 44.3 Å². The summed E-state index contributed by atoms with van der Waals surface area (Å²) in [7, 11) is 0.839. The zero-order chi connectivity index (χ0) is 21.3. The third-order valence-corrected chi connectivity index (χ3v) is 6.53. The Morgan fingerprint density at radius 3 is 2.28 bits per heavy atom. The first-order valence-electron chi connectivity index (χ1n) is 8.49. The minimum atomic E-state index is -3.74. The zero-order valence-corrected chi connectivity index (χ0v) is 17.5. The Morgan fingerprint density at radius 1 is 1.00 bits per heavy atom. The number of rotatable bonds is 4. The van der Waals surface area contributed by atoms with Gasteiger partial charge in [0.15, 0.2) is 0 Å². The summed E-state index contributed by atoms with van der Waals surface area (Å²) in [4.78, 5) is 24.9. The average molecular weight is 435 g/mol. The summed E-state index contributed by atoms with van der Waals surface area (Å²) in [6, 6.07) is 11.1. The number of aryl methyl sites for hydroxylation is 1. The van der Waals surface area contributed by atoms with Crippen LogP contribution in [-0.2, 0) is 17.1 Å². The van der Waals surface area contributed by atoms with Crippen molar-refractivity contribution in [1.29, 1.82) is 0 Å². The fraction of sp³-hybridized carbons (Fsp3) is 0.158. The van der Waals surface area contributed by atoms with Crippen molar-refractivity contribution in [3.05, 3.63) is 64.8 Å². The molecule has 10 heteroatoms. The van der Waals surface area contributed by atoms with Crippen molar-refractivity contribution < 1.29 is 18.0 Å². The number of para-hydroxylation sites is 1. The Hall–Kier alpha value is -2.88. The molecule has 3 rings (SSSR count). The lowest BCUT2D eigenvalue weighted by Gasteiger charge is -2.13. The maximum atomic E-state index is 12.5. The number of aromatic nitrogens is 1. The summed E-state index contributed by atoms with van der Waals surface area (Å²) >= 11 is 6.05. The number of carbonyl (C=O) groups excluding carboxylic acids is 2. The van der Waals surface area contributed by atoms with E-state index in [1.807, 2.05) is 25.2 Å². The summed E-state index contributed by atoms with van der Waals surface area (Å²) in [6.07, 6.45) is 1.66. The van der Waals surface area contributed by atoms with Crippen LogP contribution in [0, 0.1) is 0 Å². The molecule has 0 saturated heterocycles. The molecule has 0 aliphatic carbocycles. The van der Waals surface area contributed by atoms with Gasteiger partial charge in [-0.15, -0.1) is 0 Å². The van der Waals surface area contributed by atoms with Gasteiger partial charge in [0.1, 0.15) is 0 Å². The molecule has 2 N–H and O–H groups in total. The van der Waals surface area contributed by atoms with Crippen molar-refractivity contribution in [3.63, 3.8) is 0 Å². The summed E-state index contributed by atoms with van der Waals surface area (Å²) in [6.45, 7) is 0. The van der Waals surface area contributed by atoms with Gasteiger partial charge in [0, 0.05) is 38.2 Å². The van der Waals surface area contributed by atoms with E-state index in [1.54, 1.807) is 16.8 Å². The van der Waals surface area contributed by atoms with Crippen LogP contribution in [0.15, 0.2) is 53.6 Å². The molecule has 0 atom stereocenters. The van der Waals surface area contributed by atoms with Crippen LogP contribution in [0.25, 0.3) is 10.9 Å². The van der Waals surface area contributed by atoms with Crippen molar-refractivity contribution in [2.75, 3.05) is 14.1 Å². The van der Waals surface area contributed by atoms with Crippen LogP contribution in [0.1, 0.15) is 20.7 Å². The molecule has 152 valence electrons. The highest BCUT2D eigenvalue weighted by atomic mass is 35.5. The van der Waals surface area contributed by atoms with E-state index in [4.69, 9.17) is 11.6 Å². The Bertz CT molecular complexity index is 1220. The van der Waals surface area contributed by atoms with Crippen molar-refractivity contribution in [1.82, 2.24) is 19.7 Å². The lowest BCUT2D eigenvalue weighted by atomic mass is 10.2. The van der Waals surface area contributed by atoms with E-state index in [-0.39, 0.29) is 15.5 Å². The van der Waals surface area contributed by atoms with E-state index >= 15 is 0 Å². The minimum absolute atomic E-state index is 0.0552. The predicted molar refractivity (Wildman–Crippen MR) is 110 cm³/mol. The third kappa shape index (κ3) is 3.98. The molecule has 1 heterocycles. The number of nitrogens with zero attached hydrogens (tertiary/aromatic N) is 2. The lowest BCUT2D eigenvalue weighted by Crippen LogP contribution is -2.41. The van der Waals surface area contributed by atoms with Gasteiger partial charge < -0.3 is 4.57 Å². The van der Waals surface area contributed by atoms with Crippen LogP contribution >= 0.6 is 11.6 Å². The predicted octanol–water partition coefficient (Wildman–Crippen LogP) is 2.16. The van der Waals surface area contributed by atoms with E-state index in [9.17, 15) is 18.0 Å². The van der Waals surface area contributed by atoms with Gasteiger partial charge in [0.25, 0.3) is 11.8 Å². The Morgan fingerprint density at radius 2 is 1.62 bits per heavy atom. The highest BCUT2D eigenvalue weighted by molar-refractivity contribution is 7.89. The maximum Gasteiger partial charge on any atom is 0.271 e. The van der Waals surface area contributed by atoms with Gasteiger partial charge >= 0.3 is 0 Å². The molecular formula is C19H19ClN4O4S. The van der Waals surface area contributed by atoms with E-state index in [1.165, 1.54) is 26.2 Å². The first kappa shape index (κ1) is 20.8. The number of hydrogen-bond acceptors (Lipinski definition) is 4. The van der Waals surface area contributed by atoms with E-state index < -0.39 is 21.8 Å². The molecule has 0 aliphatic rings. The topological polar surface area (TPSA) is 101 Å². The maximum absolute atomic E-state index is 12.5. The van der Waals surface area contributed by atoms with Crippen LogP contribution < -0.4 is 10.9 Å². The monoisotopic (exact) mass is 434 g/mol. The number of amides is 2. The van der Waals surface area contributed by atoms with Gasteiger partial charge in [-0.2, -0.15) is 0 Å². The van der Waals surface area contributed by atoms with Gasteiger partial charge in [-0.05, 0) is 24.3 Å². The molecule has 8 nitrogen and oxygen atoms in total. The highest BCUT2D eigenvalue weighted by Gasteiger charge is 2.21. The lowest BCUT2D eigenvalue weighted by molar-refractivity contribution is 0.0847. The van der Waals surface area contributed by atoms with Crippen molar-refractivity contribution in [3.8, 4) is 0 Å². The Balaban J connectivity index is 1.81. The van der Waals surface area contributed by atoms with Gasteiger partial charge in [0.2, 0.25) is 10.0 Å². The molecular weight excluding hydrogens is 416 g/mol.